The number of aromatic amines is 1. The molecule has 25 heavy (non-hydrogen) atoms. The lowest BCUT2D eigenvalue weighted by Crippen LogP contribution is -2.07. The van der Waals surface area contributed by atoms with Crippen molar-refractivity contribution >= 4 is 34.1 Å². The number of aromatic nitrogens is 1. The van der Waals surface area contributed by atoms with E-state index in [-0.39, 0.29) is 5.56 Å². The molecule has 0 aliphatic carbocycles. The van der Waals surface area contributed by atoms with Crippen LogP contribution in [0.4, 0.5) is 8.78 Å². The minimum Gasteiger partial charge on any atom is -0.495 e. The second-order valence-corrected chi connectivity index (χ2v) is 6.94. The standard InChI is InChI=1S/C19H17Cl2F2NO/c1-10-6-11(19(2,22)23)7-16-13(10)8-12(24-16)9-14-15(20)4-5-17(25-3)18(14)21/h4-8,24H,9H2,1-3H3. The molecule has 0 amide bonds. The first kappa shape index (κ1) is 18.0. The van der Waals surface area contributed by atoms with E-state index >= 15 is 0 Å². The zero-order valence-electron chi connectivity index (χ0n) is 14.0. The fourth-order valence-electron chi connectivity index (χ4n) is 2.91. The minimum absolute atomic E-state index is 0.0108. The van der Waals surface area contributed by atoms with Crippen molar-refractivity contribution in [3.63, 3.8) is 0 Å². The highest BCUT2D eigenvalue weighted by molar-refractivity contribution is 6.37. The molecule has 1 aromatic heterocycles. The van der Waals surface area contributed by atoms with Crippen LogP contribution >= 0.6 is 23.2 Å². The summed E-state index contributed by atoms with van der Waals surface area (Å²) in [5.41, 5.74) is 3.02. The van der Waals surface area contributed by atoms with Crippen LogP contribution in [0, 0.1) is 6.92 Å². The predicted molar refractivity (Wildman–Crippen MR) is 98.4 cm³/mol. The van der Waals surface area contributed by atoms with Gasteiger partial charge in [0, 0.05) is 40.5 Å². The summed E-state index contributed by atoms with van der Waals surface area (Å²) in [6.07, 6.45) is 0.445. The topological polar surface area (TPSA) is 25.0 Å². The number of hydrogen-bond acceptors (Lipinski definition) is 1. The van der Waals surface area contributed by atoms with Crippen molar-refractivity contribution in [1.29, 1.82) is 0 Å². The zero-order chi connectivity index (χ0) is 18.4. The summed E-state index contributed by atoms with van der Waals surface area (Å²) < 4.78 is 32.5. The first-order chi connectivity index (χ1) is 11.7. The number of H-pyrrole nitrogens is 1. The normalized spacial score (nSPS) is 12.0. The van der Waals surface area contributed by atoms with Crippen LogP contribution in [0.25, 0.3) is 10.9 Å². The smallest absolute Gasteiger partial charge is 0.270 e. The molecule has 0 atom stereocenters. The summed E-state index contributed by atoms with van der Waals surface area (Å²) in [5.74, 6) is -2.34. The Morgan fingerprint density at radius 3 is 2.52 bits per heavy atom. The Morgan fingerprint density at radius 2 is 1.88 bits per heavy atom. The fraction of sp³-hybridized carbons (Fsp3) is 0.263. The van der Waals surface area contributed by atoms with E-state index in [1.807, 2.05) is 13.0 Å². The molecule has 0 fully saturated rings. The molecule has 0 aliphatic rings. The lowest BCUT2D eigenvalue weighted by atomic mass is 10.0. The maximum atomic E-state index is 13.6. The predicted octanol–water partition coefficient (Wildman–Crippen LogP) is 6.49. The number of alkyl halides is 2. The Bertz CT molecular complexity index is 945. The van der Waals surface area contributed by atoms with Crippen molar-refractivity contribution in [2.75, 3.05) is 7.11 Å². The number of ether oxygens (including phenoxy) is 1. The Kier molecular flexibility index (Phi) is 4.69. The van der Waals surface area contributed by atoms with Gasteiger partial charge < -0.3 is 9.72 Å². The van der Waals surface area contributed by atoms with E-state index in [4.69, 9.17) is 27.9 Å². The number of aryl methyl sites for hydroxylation is 1. The molecule has 3 aromatic rings. The van der Waals surface area contributed by atoms with E-state index in [2.05, 4.69) is 4.98 Å². The third-order valence-corrected chi connectivity index (χ3v) is 5.01. The molecule has 6 heteroatoms. The highest BCUT2D eigenvalue weighted by atomic mass is 35.5. The second-order valence-electron chi connectivity index (χ2n) is 6.16. The SMILES string of the molecule is COc1ccc(Cl)c(Cc2cc3c(C)cc(C(C)(F)F)cc3[nH]2)c1Cl. The van der Waals surface area contributed by atoms with Gasteiger partial charge in [-0.3, -0.25) is 0 Å². The molecule has 2 aromatic carbocycles. The molecule has 3 rings (SSSR count). The summed E-state index contributed by atoms with van der Waals surface area (Å²) in [6, 6.07) is 8.38. The molecule has 1 N–H and O–H groups in total. The van der Waals surface area contributed by atoms with Crippen LogP contribution < -0.4 is 4.74 Å². The van der Waals surface area contributed by atoms with Gasteiger partial charge in [-0.15, -0.1) is 0 Å². The number of hydrogen-bond donors (Lipinski definition) is 1. The van der Waals surface area contributed by atoms with Gasteiger partial charge in [-0.1, -0.05) is 23.2 Å². The van der Waals surface area contributed by atoms with Gasteiger partial charge in [0.15, 0.2) is 0 Å². The van der Waals surface area contributed by atoms with E-state index in [1.54, 1.807) is 12.1 Å². The highest BCUT2D eigenvalue weighted by Gasteiger charge is 2.25. The number of halogens is 4. The molecule has 132 valence electrons. The Labute approximate surface area is 154 Å². The van der Waals surface area contributed by atoms with E-state index in [9.17, 15) is 8.78 Å². The molecule has 0 saturated carbocycles. The van der Waals surface area contributed by atoms with Crippen LogP contribution in [0.15, 0.2) is 30.3 Å². The monoisotopic (exact) mass is 383 g/mol. The van der Waals surface area contributed by atoms with Crippen LogP contribution in [0.2, 0.25) is 10.0 Å². The van der Waals surface area contributed by atoms with Gasteiger partial charge in [-0.25, -0.2) is 8.78 Å². The maximum Gasteiger partial charge on any atom is 0.270 e. The Morgan fingerprint density at radius 1 is 1.16 bits per heavy atom. The number of methoxy groups -OCH3 is 1. The van der Waals surface area contributed by atoms with Crippen LogP contribution in [-0.2, 0) is 12.3 Å². The van der Waals surface area contributed by atoms with Crippen molar-refractivity contribution in [2.24, 2.45) is 0 Å². The molecule has 0 spiro atoms. The van der Waals surface area contributed by atoms with Crippen LogP contribution in [0.5, 0.6) is 5.75 Å². The van der Waals surface area contributed by atoms with Gasteiger partial charge >= 0.3 is 0 Å². The van der Waals surface area contributed by atoms with E-state index in [0.29, 0.717) is 27.7 Å². The Balaban J connectivity index is 2.05. The molecule has 1 heterocycles. The lowest BCUT2D eigenvalue weighted by molar-refractivity contribution is 0.0175. The van der Waals surface area contributed by atoms with Crippen LogP contribution in [0.3, 0.4) is 0 Å². The van der Waals surface area contributed by atoms with E-state index in [0.717, 1.165) is 29.1 Å². The first-order valence-electron chi connectivity index (χ1n) is 7.72. The minimum atomic E-state index is -2.89. The van der Waals surface area contributed by atoms with Crippen LogP contribution in [-0.4, -0.2) is 12.1 Å². The van der Waals surface area contributed by atoms with E-state index in [1.165, 1.54) is 19.2 Å². The number of benzene rings is 2. The number of rotatable bonds is 4. The fourth-order valence-corrected chi connectivity index (χ4v) is 3.49. The van der Waals surface area contributed by atoms with Crippen molar-refractivity contribution < 1.29 is 13.5 Å². The quantitative estimate of drug-likeness (QED) is 0.546. The van der Waals surface area contributed by atoms with Gasteiger partial charge in [0.25, 0.3) is 5.92 Å². The van der Waals surface area contributed by atoms with Crippen LogP contribution in [0.1, 0.15) is 29.3 Å². The molecule has 0 unspecified atom stereocenters. The van der Waals surface area contributed by atoms with Crippen molar-refractivity contribution in [1.82, 2.24) is 4.98 Å². The number of nitrogens with one attached hydrogen (secondary N) is 1. The maximum absolute atomic E-state index is 13.6. The van der Waals surface area contributed by atoms with Crippen molar-refractivity contribution in [3.05, 3.63) is 62.8 Å². The summed E-state index contributed by atoms with van der Waals surface area (Å²) in [5, 5.41) is 1.88. The average Bonchev–Trinajstić information content (AvgIpc) is 2.94. The van der Waals surface area contributed by atoms with Gasteiger partial charge in [-0.05, 0) is 48.4 Å². The largest absolute Gasteiger partial charge is 0.495 e. The third-order valence-electron chi connectivity index (χ3n) is 4.25. The van der Waals surface area contributed by atoms with Gasteiger partial charge in [-0.2, -0.15) is 0 Å². The van der Waals surface area contributed by atoms with E-state index < -0.39 is 5.92 Å². The summed E-state index contributed by atoms with van der Waals surface area (Å²) in [6.45, 7) is 2.72. The third kappa shape index (κ3) is 3.46. The van der Waals surface area contributed by atoms with Gasteiger partial charge in [0.05, 0.1) is 12.1 Å². The molecular weight excluding hydrogens is 367 g/mol. The lowest BCUT2D eigenvalue weighted by Gasteiger charge is -2.11. The molecule has 0 radical (unpaired) electrons. The second kappa shape index (κ2) is 6.50. The summed E-state index contributed by atoms with van der Waals surface area (Å²) >= 11 is 12.6. The number of fused-ring (bicyclic) bond motifs is 1. The molecule has 0 saturated heterocycles. The molecule has 0 aliphatic heterocycles. The van der Waals surface area contributed by atoms with Gasteiger partial charge in [0.2, 0.25) is 0 Å². The molecular formula is C19H17Cl2F2NO. The zero-order valence-corrected chi connectivity index (χ0v) is 15.5. The molecule has 2 nitrogen and oxygen atoms in total. The van der Waals surface area contributed by atoms with Crippen molar-refractivity contribution in [3.8, 4) is 5.75 Å². The summed E-state index contributed by atoms with van der Waals surface area (Å²) in [7, 11) is 1.54. The Hall–Kier alpha value is -1.78. The molecule has 0 bridgehead atoms. The average molecular weight is 384 g/mol. The van der Waals surface area contributed by atoms with Gasteiger partial charge in [0.1, 0.15) is 5.75 Å². The van der Waals surface area contributed by atoms with Crippen molar-refractivity contribution in [2.45, 2.75) is 26.2 Å². The first-order valence-corrected chi connectivity index (χ1v) is 8.47. The highest BCUT2D eigenvalue weighted by Crippen LogP contribution is 2.36. The summed E-state index contributed by atoms with van der Waals surface area (Å²) in [4.78, 5) is 3.20.